The number of halogens is 1. The number of piperazine rings is 1. The molecule has 1 aromatic rings. The van der Waals surface area contributed by atoms with E-state index in [9.17, 15) is 0 Å². The van der Waals surface area contributed by atoms with E-state index < -0.39 is 0 Å². The van der Waals surface area contributed by atoms with Gasteiger partial charge >= 0.3 is 0 Å². The van der Waals surface area contributed by atoms with E-state index in [0.29, 0.717) is 0 Å². The van der Waals surface area contributed by atoms with E-state index in [-0.39, 0.29) is 24.0 Å². The number of likely N-dealkylation sites (tertiary alicyclic amines) is 1. The van der Waals surface area contributed by atoms with Crippen LogP contribution in [0.25, 0.3) is 0 Å². The standard InChI is InChI=1S/C20H37N7S.HI/c1-5-18-23-20(28-24-18)27-11-9-26(10-12-27)19(21-4)22-7-6-8-25-14-16(2)13-17(3)15-25;/h16-17H,5-15H2,1-4H3,(H,21,22);1H. The second-order valence-corrected chi connectivity index (χ2v) is 9.08. The molecule has 0 saturated carbocycles. The summed E-state index contributed by atoms with van der Waals surface area (Å²) in [4.78, 5) is 16.5. The average Bonchev–Trinajstić information content (AvgIpc) is 3.17. The normalized spacial score (nSPS) is 23.8. The molecule has 2 saturated heterocycles. The van der Waals surface area contributed by atoms with Crippen LogP contribution in [0, 0.1) is 11.8 Å². The van der Waals surface area contributed by atoms with Crippen molar-refractivity contribution in [3.8, 4) is 0 Å². The number of piperidine rings is 1. The van der Waals surface area contributed by atoms with E-state index in [1.54, 1.807) is 0 Å². The van der Waals surface area contributed by atoms with E-state index in [4.69, 9.17) is 0 Å². The Bertz CT molecular complexity index is 620. The number of anilines is 1. The zero-order chi connectivity index (χ0) is 19.9. The Morgan fingerprint density at radius 2 is 1.86 bits per heavy atom. The maximum Gasteiger partial charge on any atom is 0.205 e. The summed E-state index contributed by atoms with van der Waals surface area (Å²) in [7, 11) is 1.89. The predicted octanol–water partition coefficient (Wildman–Crippen LogP) is 2.78. The summed E-state index contributed by atoms with van der Waals surface area (Å²) in [5.41, 5.74) is 0. The number of hydrogen-bond acceptors (Lipinski definition) is 6. The molecule has 0 spiro atoms. The van der Waals surface area contributed by atoms with Gasteiger partial charge in [-0.3, -0.25) is 4.99 Å². The molecule has 9 heteroatoms. The van der Waals surface area contributed by atoms with Crippen LogP contribution in [0.3, 0.4) is 0 Å². The van der Waals surface area contributed by atoms with Gasteiger partial charge in [0.2, 0.25) is 5.13 Å². The Kier molecular flexibility index (Phi) is 10.4. The molecular weight excluding hydrogens is 497 g/mol. The Labute approximate surface area is 197 Å². The van der Waals surface area contributed by atoms with Crippen molar-refractivity contribution in [3.05, 3.63) is 5.82 Å². The predicted molar refractivity (Wildman–Crippen MR) is 134 cm³/mol. The van der Waals surface area contributed by atoms with Gasteiger partial charge in [-0.15, -0.1) is 24.0 Å². The largest absolute Gasteiger partial charge is 0.356 e. The van der Waals surface area contributed by atoms with Crippen molar-refractivity contribution in [1.29, 1.82) is 0 Å². The Hall–Kier alpha value is -0.680. The van der Waals surface area contributed by atoms with E-state index in [0.717, 1.165) is 67.9 Å². The topological polar surface area (TPSA) is 59.9 Å². The number of nitrogens with zero attached hydrogens (tertiary/aromatic N) is 6. The van der Waals surface area contributed by atoms with Crippen molar-refractivity contribution in [2.45, 2.75) is 40.0 Å². The van der Waals surface area contributed by atoms with Crippen molar-refractivity contribution in [3.63, 3.8) is 0 Å². The van der Waals surface area contributed by atoms with Crippen molar-refractivity contribution < 1.29 is 0 Å². The number of guanidine groups is 1. The van der Waals surface area contributed by atoms with Crippen LogP contribution in [0.4, 0.5) is 5.13 Å². The first kappa shape index (κ1) is 24.6. The van der Waals surface area contributed by atoms with Crippen LogP contribution in [0.15, 0.2) is 4.99 Å². The van der Waals surface area contributed by atoms with Gasteiger partial charge in [0, 0.05) is 70.8 Å². The average molecular weight is 536 g/mol. The summed E-state index contributed by atoms with van der Waals surface area (Å²) >= 11 is 1.52. The Balaban J connectivity index is 0.00000300. The number of aromatic nitrogens is 2. The lowest BCUT2D eigenvalue weighted by Gasteiger charge is -2.36. The molecule has 2 fully saturated rings. The minimum atomic E-state index is 0. The van der Waals surface area contributed by atoms with E-state index >= 15 is 0 Å². The molecule has 0 aliphatic carbocycles. The molecule has 3 heterocycles. The lowest BCUT2D eigenvalue weighted by Crippen LogP contribution is -2.52. The van der Waals surface area contributed by atoms with Crippen LogP contribution in [0.1, 0.15) is 39.4 Å². The van der Waals surface area contributed by atoms with E-state index in [1.807, 2.05) is 7.05 Å². The van der Waals surface area contributed by atoms with Crippen molar-refractivity contribution >= 4 is 46.6 Å². The van der Waals surface area contributed by atoms with Crippen molar-refractivity contribution in [2.24, 2.45) is 16.8 Å². The summed E-state index contributed by atoms with van der Waals surface area (Å²) in [5, 5.41) is 4.63. The third-order valence-electron chi connectivity index (χ3n) is 5.71. The minimum Gasteiger partial charge on any atom is -0.356 e. The highest BCUT2D eigenvalue weighted by molar-refractivity contribution is 14.0. The van der Waals surface area contributed by atoms with Gasteiger partial charge in [-0.25, -0.2) is 4.98 Å². The van der Waals surface area contributed by atoms with Gasteiger partial charge in [0.05, 0.1) is 0 Å². The third-order valence-corrected chi connectivity index (χ3v) is 6.53. The van der Waals surface area contributed by atoms with E-state index in [2.05, 4.69) is 55.1 Å². The Morgan fingerprint density at radius 1 is 1.17 bits per heavy atom. The minimum absolute atomic E-state index is 0. The third kappa shape index (κ3) is 7.20. The molecule has 0 bridgehead atoms. The summed E-state index contributed by atoms with van der Waals surface area (Å²) < 4.78 is 4.41. The number of nitrogens with one attached hydrogen (secondary N) is 1. The van der Waals surface area contributed by atoms with Crippen LogP contribution in [-0.2, 0) is 6.42 Å². The lowest BCUT2D eigenvalue weighted by molar-refractivity contribution is 0.140. The van der Waals surface area contributed by atoms with Gasteiger partial charge in [0.1, 0.15) is 5.82 Å². The Morgan fingerprint density at radius 3 is 2.45 bits per heavy atom. The molecule has 7 nitrogen and oxygen atoms in total. The van der Waals surface area contributed by atoms with E-state index in [1.165, 1.54) is 44.0 Å². The number of hydrogen-bond donors (Lipinski definition) is 1. The smallest absolute Gasteiger partial charge is 0.205 e. The quantitative estimate of drug-likeness (QED) is 0.262. The fourth-order valence-electron chi connectivity index (χ4n) is 4.44. The highest BCUT2D eigenvalue weighted by Crippen LogP contribution is 2.21. The molecule has 0 radical (unpaired) electrons. The van der Waals surface area contributed by atoms with Crippen molar-refractivity contribution in [1.82, 2.24) is 24.5 Å². The van der Waals surface area contributed by atoms with Crippen LogP contribution in [0.5, 0.6) is 0 Å². The lowest BCUT2D eigenvalue weighted by atomic mass is 9.92. The second kappa shape index (κ2) is 12.2. The molecule has 166 valence electrons. The van der Waals surface area contributed by atoms with Crippen LogP contribution in [0.2, 0.25) is 0 Å². The SMILES string of the molecule is CCc1nsc(N2CCN(C(=NC)NCCCN3CC(C)CC(C)C3)CC2)n1.I. The molecule has 2 unspecified atom stereocenters. The molecule has 2 aliphatic heterocycles. The molecule has 29 heavy (non-hydrogen) atoms. The number of rotatable bonds is 6. The maximum atomic E-state index is 4.62. The molecule has 1 aromatic heterocycles. The highest BCUT2D eigenvalue weighted by atomic mass is 127. The van der Waals surface area contributed by atoms with Gasteiger partial charge in [-0.05, 0) is 31.2 Å². The fourth-order valence-corrected chi connectivity index (χ4v) is 5.24. The highest BCUT2D eigenvalue weighted by Gasteiger charge is 2.23. The van der Waals surface area contributed by atoms with Crippen LogP contribution in [-0.4, -0.2) is 84.5 Å². The first-order valence-electron chi connectivity index (χ1n) is 10.8. The number of aliphatic imine (C=N–C) groups is 1. The van der Waals surface area contributed by atoms with Gasteiger partial charge in [0.15, 0.2) is 5.96 Å². The molecule has 0 aromatic carbocycles. The molecule has 1 N–H and O–H groups in total. The number of aryl methyl sites for hydroxylation is 1. The maximum absolute atomic E-state index is 4.62. The van der Waals surface area contributed by atoms with Gasteiger partial charge in [0.25, 0.3) is 0 Å². The fraction of sp³-hybridized carbons (Fsp3) is 0.850. The first-order valence-corrected chi connectivity index (χ1v) is 11.6. The summed E-state index contributed by atoms with van der Waals surface area (Å²) in [6.07, 6.45) is 3.45. The first-order chi connectivity index (χ1) is 13.6. The van der Waals surface area contributed by atoms with Gasteiger partial charge < -0.3 is 20.0 Å². The molecular formula is C20H38IN7S. The van der Waals surface area contributed by atoms with Crippen LogP contribution >= 0.6 is 35.5 Å². The van der Waals surface area contributed by atoms with Gasteiger partial charge in [-0.2, -0.15) is 4.37 Å². The van der Waals surface area contributed by atoms with Gasteiger partial charge in [-0.1, -0.05) is 20.8 Å². The second-order valence-electron chi connectivity index (χ2n) is 8.35. The molecule has 2 aliphatic rings. The summed E-state index contributed by atoms with van der Waals surface area (Å²) in [6, 6.07) is 0. The summed E-state index contributed by atoms with van der Waals surface area (Å²) in [5.74, 6) is 3.66. The van der Waals surface area contributed by atoms with Crippen molar-refractivity contribution in [2.75, 3.05) is 64.3 Å². The molecule has 2 atom stereocenters. The zero-order valence-electron chi connectivity index (χ0n) is 18.4. The zero-order valence-corrected chi connectivity index (χ0v) is 21.6. The summed E-state index contributed by atoms with van der Waals surface area (Å²) in [6.45, 7) is 15.5. The van der Waals surface area contributed by atoms with Crippen LogP contribution < -0.4 is 10.2 Å². The molecule has 0 amide bonds. The monoisotopic (exact) mass is 535 g/mol. The molecule has 3 rings (SSSR count).